The second kappa shape index (κ2) is 5.01. The average molecular weight is 292 g/mol. The van der Waals surface area contributed by atoms with E-state index in [4.69, 9.17) is 0 Å². The van der Waals surface area contributed by atoms with E-state index in [2.05, 4.69) is 5.32 Å². The van der Waals surface area contributed by atoms with Crippen molar-refractivity contribution in [3.8, 4) is 0 Å². The number of imide groups is 1. The maximum absolute atomic E-state index is 12.2. The summed E-state index contributed by atoms with van der Waals surface area (Å²) >= 11 is 1.65. The predicted octanol–water partition coefficient (Wildman–Crippen LogP) is 0.946. The van der Waals surface area contributed by atoms with Crippen LogP contribution in [0.25, 0.3) is 0 Å². The number of nitrogens with zero attached hydrogens (tertiary/aromatic N) is 1. The average Bonchev–Trinajstić information content (AvgIpc) is 3.10. The van der Waals surface area contributed by atoms with Crippen molar-refractivity contribution in [3.05, 3.63) is 22.4 Å². The molecular formula is C14H16N2O3S. The van der Waals surface area contributed by atoms with Crippen LogP contribution in [0.3, 0.4) is 0 Å². The Kier molecular flexibility index (Phi) is 3.33. The fourth-order valence-corrected chi connectivity index (χ4v) is 3.66. The van der Waals surface area contributed by atoms with Gasteiger partial charge in [-0.3, -0.25) is 19.7 Å². The monoisotopic (exact) mass is 292 g/mol. The van der Waals surface area contributed by atoms with Crippen molar-refractivity contribution in [3.63, 3.8) is 0 Å². The topological polar surface area (TPSA) is 66.5 Å². The molecule has 3 heterocycles. The number of rotatable bonds is 3. The Morgan fingerprint density at radius 3 is 2.95 bits per heavy atom. The van der Waals surface area contributed by atoms with Crippen LogP contribution < -0.4 is 5.32 Å². The second-order valence-electron chi connectivity index (χ2n) is 5.48. The fourth-order valence-electron chi connectivity index (χ4n) is 2.95. The zero-order valence-electron chi connectivity index (χ0n) is 11.1. The zero-order valence-corrected chi connectivity index (χ0v) is 11.9. The molecule has 1 aromatic heterocycles. The lowest BCUT2D eigenvalue weighted by atomic mass is 9.85. The standard InChI is InChI=1S/C14H16N2O3S/c17-11-8-14(13(19)15-11)5-6-16(9-14)12(18)4-3-10-2-1-7-20-10/h1-2,7H,3-6,8-9H2,(H,15,17,19)/t14-/m1/s1. The minimum absolute atomic E-state index is 0.0717. The Labute approximate surface area is 121 Å². The molecule has 2 fully saturated rings. The van der Waals surface area contributed by atoms with Gasteiger partial charge in [0.25, 0.3) is 0 Å². The smallest absolute Gasteiger partial charge is 0.235 e. The summed E-state index contributed by atoms with van der Waals surface area (Å²) in [7, 11) is 0. The molecule has 2 aliphatic rings. The van der Waals surface area contributed by atoms with Gasteiger partial charge in [0.15, 0.2) is 0 Å². The van der Waals surface area contributed by atoms with Crippen molar-refractivity contribution in [2.45, 2.75) is 25.7 Å². The lowest BCUT2D eigenvalue weighted by Gasteiger charge is -2.20. The molecule has 0 aromatic carbocycles. The molecule has 0 unspecified atom stereocenters. The van der Waals surface area contributed by atoms with Crippen molar-refractivity contribution in [1.82, 2.24) is 10.2 Å². The van der Waals surface area contributed by atoms with Crippen LogP contribution in [0.1, 0.15) is 24.1 Å². The molecule has 2 aliphatic heterocycles. The van der Waals surface area contributed by atoms with Crippen LogP contribution in [-0.2, 0) is 20.8 Å². The molecular weight excluding hydrogens is 276 g/mol. The second-order valence-corrected chi connectivity index (χ2v) is 6.51. The van der Waals surface area contributed by atoms with E-state index in [1.807, 2.05) is 17.5 Å². The Balaban J connectivity index is 1.58. The van der Waals surface area contributed by atoms with Gasteiger partial charge in [-0.15, -0.1) is 11.3 Å². The Bertz CT molecular complexity index is 555. The van der Waals surface area contributed by atoms with Gasteiger partial charge < -0.3 is 4.90 Å². The molecule has 5 nitrogen and oxygen atoms in total. The van der Waals surface area contributed by atoms with Gasteiger partial charge in [0, 0.05) is 30.8 Å². The summed E-state index contributed by atoms with van der Waals surface area (Å²) < 4.78 is 0. The summed E-state index contributed by atoms with van der Waals surface area (Å²) in [4.78, 5) is 38.3. The third-order valence-corrected chi connectivity index (χ3v) is 5.04. The van der Waals surface area contributed by atoms with Crippen LogP contribution in [0.4, 0.5) is 0 Å². The van der Waals surface area contributed by atoms with Gasteiger partial charge in [-0.1, -0.05) is 6.07 Å². The van der Waals surface area contributed by atoms with E-state index >= 15 is 0 Å². The van der Waals surface area contributed by atoms with E-state index in [0.717, 1.165) is 6.42 Å². The predicted molar refractivity (Wildman–Crippen MR) is 74.0 cm³/mol. The van der Waals surface area contributed by atoms with Crippen LogP contribution in [-0.4, -0.2) is 35.7 Å². The molecule has 1 spiro atoms. The van der Waals surface area contributed by atoms with Crippen molar-refractivity contribution < 1.29 is 14.4 Å². The third kappa shape index (κ3) is 2.35. The van der Waals surface area contributed by atoms with E-state index in [9.17, 15) is 14.4 Å². The van der Waals surface area contributed by atoms with Crippen LogP contribution in [0.5, 0.6) is 0 Å². The van der Waals surface area contributed by atoms with Crippen molar-refractivity contribution >= 4 is 29.1 Å². The molecule has 2 saturated heterocycles. The van der Waals surface area contributed by atoms with Gasteiger partial charge in [-0.2, -0.15) is 0 Å². The molecule has 3 amide bonds. The lowest BCUT2D eigenvalue weighted by Crippen LogP contribution is -2.36. The number of carbonyl (C=O) groups is 3. The van der Waals surface area contributed by atoms with Gasteiger partial charge in [0.05, 0.1) is 5.41 Å². The first-order valence-electron chi connectivity index (χ1n) is 6.73. The van der Waals surface area contributed by atoms with Crippen LogP contribution in [0.15, 0.2) is 17.5 Å². The van der Waals surface area contributed by atoms with Crippen LogP contribution in [0, 0.1) is 5.41 Å². The summed E-state index contributed by atoms with van der Waals surface area (Å²) in [6.45, 7) is 0.956. The van der Waals surface area contributed by atoms with Gasteiger partial charge in [-0.05, 0) is 24.3 Å². The summed E-state index contributed by atoms with van der Waals surface area (Å²) in [6, 6.07) is 4.00. The quantitative estimate of drug-likeness (QED) is 0.843. The fraction of sp³-hybridized carbons (Fsp3) is 0.500. The molecule has 0 radical (unpaired) electrons. The largest absolute Gasteiger partial charge is 0.342 e. The molecule has 20 heavy (non-hydrogen) atoms. The van der Waals surface area contributed by atoms with E-state index in [1.54, 1.807) is 16.2 Å². The van der Waals surface area contributed by atoms with Crippen LogP contribution in [0.2, 0.25) is 0 Å². The maximum atomic E-state index is 12.2. The first-order chi connectivity index (χ1) is 9.59. The molecule has 6 heteroatoms. The summed E-state index contributed by atoms with van der Waals surface area (Å²) in [5, 5.41) is 4.35. The van der Waals surface area contributed by atoms with Crippen LogP contribution >= 0.6 is 11.3 Å². The first-order valence-corrected chi connectivity index (χ1v) is 7.61. The molecule has 3 rings (SSSR count). The van der Waals surface area contributed by atoms with E-state index in [1.165, 1.54) is 4.88 Å². The van der Waals surface area contributed by atoms with Gasteiger partial charge >= 0.3 is 0 Å². The highest BCUT2D eigenvalue weighted by atomic mass is 32.1. The number of thiophene rings is 1. The molecule has 1 atom stereocenters. The summed E-state index contributed by atoms with van der Waals surface area (Å²) in [5.41, 5.74) is -0.657. The molecule has 0 aliphatic carbocycles. The van der Waals surface area contributed by atoms with Gasteiger partial charge in [-0.25, -0.2) is 0 Å². The SMILES string of the molecule is O=C1C[C@@]2(CCN(C(=O)CCc3cccs3)C2)C(=O)N1. The first kappa shape index (κ1) is 13.3. The highest BCUT2D eigenvalue weighted by molar-refractivity contribution is 7.09. The number of likely N-dealkylation sites (tertiary alicyclic amines) is 1. The molecule has 0 bridgehead atoms. The minimum Gasteiger partial charge on any atom is -0.342 e. The Morgan fingerprint density at radius 1 is 1.45 bits per heavy atom. The highest BCUT2D eigenvalue weighted by Gasteiger charge is 2.51. The number of amides is 3. The Hall–Kier alpha value is -1.69. The van der Waals surface area contributed by atoms with Crippen molar-refractivity contribution in [2.75, 3.05) is 13.1 Å². The normalized spacial score (nSPS) is 25.5. The molecule has 1 aromatic rings. The number of carbonyl (C=O) groups excluding carboxylic acids is 3. The maximum Gasteiger partial charge on any atom is 0.235 e. The van der Waals surface area contributed by atoms with Gasteiger partial charge in [0.2, 0.25) is 17.7 Å². The molecule has 0 saturated carbocycles. The number of nitrogens with one attached hydrogen (secondary N) is 1. The lowest BCUT2D eigenvalue weighted by molar-refractivity contribution is -0.131. The van der Waals surface area contributed by atoms with Crippen molar-refractivity contribution in [2.24, 2.45) is 5.41 Å². The molecule has 1 N–H and O–H groups in total. The van der Waals surface area contributed by atoms with Crippen molar-refractivity contribution in [1.29, 1.82) is 0 Å². The highest BCUT2D eigenvalue weighted by Crippen LogP contribution is 2.37. The summed E-state index contributed by atoms with van der Waals surface area (Å²) in [6.07, 6.45) is 2.02. The number of hydrogen-bond acceptors (Lipinski definition) is 4. The zero-order chi connectivity index (χ0) is 14.2. The van der Waals surface area contributed by atoms with E-state index in [0.29, 0.717) is 25.9 Å². The number of hydrogen-bond donors (Lipinski definition) is 1. The molecule has 106 valence electrons. The van der Waals surface area contributed by atoms with E-state index < -0.39 is 5.41 Å². The van der Waals surface area contributed by atoms with Gasteiger partial charge in [0.1, 0.15) is 0 Å². The summed E-state index contributed by atoms with van der Waals surface area (Å²) in [5.74, 6) is -0.360. The van der Waals surface area contributed by atoms with E-state index in [-0.39, 0.29) is 24.1 Å². The third-order valence-electron chi connectivity index (χ3n) is 4.11. The number of aryl methyl sites for hydroxylation is 1. The Morgan fingerprint density at radius 2 is 2.30 bits per heavy atom. The minimum atomic E-state index is -0.657.